The number of rotatable bonds is 5. The molecule has 140 valence electrons. The Hall–Kier alpha value is -1.99. The quantitative estimate of drug-likeness (QED) is 0.872. The predicted molar refractivity (Wildman–Crippen MR) is 107 cm³/mol. The zero-order chi connectivity index (χ0) is 18.7. The first-order valence-corrected chi connectivity index (χ1v) is 9.85. The van der Waals surface area contributed by atoms with E-state index >= 15 is 0 Å². The summed E-state index contributed by atoms with van der Waals surface area (Å²) >= 11 is 1.56. The van der Waals surface area contributed by atoms with Crippen molar-refractivity contribution in [2.45, 2.75) is 46.2 Å². The molecule has 1 unspecified atom stereocenters. The molecule has 3 rings (SSSR count). The van der Waals surface area contributed by atoms with Crippen LogP contribution in [0.3, 0.4) is 0 Å². The van der Waals surface area contributed by atoms with E-state index in [4.69, 9.17) is 0 Å². The number of aryl methyl sites for hydroxylation is 2. The van der Waals surface area contributed by atoms with E-state index in [-0.39, 0.29) is 5.91 Å². The summed E-state index contributed by atoms with van der Waals surface area (Å²) in [6.07, 6.45) is 4.27. The molecule has 1 atom stereocenters. The number of likely N-dealkylation sites (tertiary alicyclic amines) is 1. The molecule has 2 aromatic heterocycles. The van der Waals surface area contributed by atoms with Crippen LogP contribution in [-0.4, -0.2) is 47.0 Å². The maximum atomic E-state index is 11.1. The molecule has 1 N–H and O–H groups in total. The molecule has 0 bridgehead atoms. The van der Waals surface area contributed by atoms with Crippen molar-refractivity contribution >= 4 is 28.1 Å². The first-order valence-electron chi connectivity index (χ1n) is 9.03. The highest BCUT2D eigenvalue weighted by molar-refractivity contribution is 7.15. The lowest BCUT2D eigenvalue weighted by molar-refractivity contribution is -0.114. The Kier molecular flexibility index (Phi) is 5.88. The number of hydrogen-bond acceptors (Lipinski definition) is 6. The van der Waals surface area contributed by atoms with Gasteiger partial charge in [0.1, 0.15) is 0 Å². The minimum Gasteiger partial charge on any atom is -0.370 e. The molecule has 3 heterocycles. The Balaban J connectivity index is 1.63. The van der Waals surface area contributed by atoms with Crippen LogP contribution in [0.1, 0.15) is 36.0 Å². The molecule has 0 aromatic carbocycles. The van der Waals surface area contributed by atoms with Gasteiger partial charge in [0.2, 0.25) is 5.91 Å². The van der Waals surface area contributed by atoms with Gasteiger partial charge in [-0.15, -0.1) is 11.3 Å². The minimum absolute atomic E-state index is 0.0755. The SMILES string of the molecule is CC(=O)Nc1ncc(CN2CCCC(N(C)c3cc(C)nc(C)c3)C2)s1. The van der Waals surface area contributed by atoms with Crippen LogP contribution in [0.25, 0.3) is 0 Å². The normalized spacial score (nSPS) is 17.9. The van der Waals surface area contributed by atoms with E-state index < -0.39 is 0 Å². The van der Waals surface area contributed by atoms with Crippen LogP contribution in [0.4, 0.5) is 10.8 Å². The summed E-state index contributed by atoms with van der Waals surface area (Å²) in [6.45, 7) is 8.63. The van der Waals surface area contributed by atoms with Crippen LogP contribution in [-0.2, 0) is 11.3 Å². The largest absolute Gasteiger partial charge is 0.370 e. The number of hydrogen-bond donors (Lipinski definition) is 1. The van der Waals surface area contributed by atoms with Crippen molar-refractivity contribution in [1.29, 1.82) is 0 Å². The Morgan fingerprint density at radius 1 is 1.38 bits per heavy atom. The fourth-order valence-electron chi connectivity index (χ4n) is 3.53. The summed E-state index contributed by atoms with van der Waals surface area (Å²) < 4.78 is 0. The molecule has 0 radical (unpaired) electrons. The van der Waals surface area contributed by atoms with Gasteiger partial charge in [-0.1, -0.05) is 0 Å². The zero-order valence-corrected chi connectivity index (χ0v) is 16.8. The second-order valence-corrected chi connectivity index (χ2v) is 8.18. The van der Waals surface area contributed by atoms with Gasteiger partial charge in [0.05, 0.1) is 0 Å². The number of likely N-dealkylation sites (N-methyl/N-ethyl adjacent to an activating group) is 1. The fraction of sp³-hybridized carbons (Fsp3) is 0.526. The lowest BCUT2D eigenvalue weighted by atomic mass is 10.0. The van der Waals surface area contributed by atoms with Crippen molar-refractivity contribution in [2.75, 3.05) is 30.4 Å². The highest BCUT2D eigenvalue weighted by atomic mass is 32.1. The number of carbonyl (C=O) groups excluding carboxylic acids is 1. The molecule has 0 saturated carbocycles. The van der Waals surface area contributed by atoms with Gasteiger partial charge in [-0.3, -0.25) is 14.7 Å². The van der Waals surface area contributed by atoms with E-state index in [2.05, 4.69) is 44.3 Å². The third-order valence-electron chi connectivity index (χ3n) is 4.72. The van der Waals surface area contributed by atoms with E-state index in [1.54, 1.807) is 11.3 Å². The van der Waals surface area contributed by atoms with Crippen molar-refractivity contribution in [1.82, 2.24) is 14.9 Å². The number of pyridine rings is 1. The van der Waals surface area contributed by atoms with E-state index in [1.807, 2.05) is 20.0 Å². The molecule has 0 aliphatic carbocycles. The molecule has 1 aliphatic heterocycles. The molecule has 0 spiro atoms. The van der Waals surface area contributed by atoms with E-state index in [1.165, 1.54) is 30.3 Å². The van der Waals surface area contributed by atoms with E-state index in [0.717, 1.165) is 31.0 Å². The first kappa shape index (κ1) is 18.8. The number of nitrogens with one attached hydrogen (secondary N) is 1. The summed E-state index contributed by atoms with van der Waals surface area (Å²) in [6, 6.07) is 4.82. The van der Waals surface area contributed by atoms with E-state index in [0.29, 0.717) is 11.2 Å². The van der Waals surface area contributed by atoms with Gasteiger partial charge in [-0.25, -0.2) is 4.98 Å². The van der Waals surface area contributed by atoms with Crippen molar-refractivity contribution in [3.8, 4) is 0 Å². The monoisotopic (exact) mass is 373 g/mol. The van der Waals surface area contributed by atoms with Gasteiger partial charge in [0.25, 0.3) is 0 Å². The van der Waals surface area contributed by atoms with Gasteiger partial charge < -0.3 is 10.2 Å². The van der Waals surface area contributed by atoms with Crippen LogP contribution in [0.2, 0.25) is 0 Å². The van der Waals surface area contributed by atoms with Crippen LogP contribution >= 0.6 is 11.3 Å². The van der Waals surface area contributed by atoms with Crippen LogP contribution in [0, 0.1) is 13.8 Å². The molecule has 1 fully saturated rings. The summed E-state index contributed by atoms with van der Waals surface area (Å²) in [5.74, 6) is -0.0755. The summed E-state index contributed by atoms with van der Waals surface area (Å²) in [5.41, 5.74) is 3.37. The van der Waals surface area contributed by atoms with Crippen LogP contribution < -0.4 is 10.2 Å². The zero-order valence-electron chi connectivity index (χ0n) is 16.0. The number of carbonyl (C=O) groups is 1. The van der Waals surface area contributed by atoms with Crippen LogP contribution in [0.15, 0.2) is 18.3 Å². The number of anilines is 2. The highest BCUT2D eigenvalue weighted by Gasteiger charge is 2.24. The molecule has 1 saturated heterocycles. The molecular weight excluding hydrogens is 346 g/mol. The molecule has 7 heteroatoms. The third kappa shape index (κ3) is 4.80. The Morgan fingerprint density at radius 3 is 2.81 bits per heavy atom. The average molecular weight is 374 g/mol. The number of aromatic nitrogens is 2. The Labute approximate surface area is 159 Å². The topological polar surface area (TPSA) is 61.4 Å². The maximum Gasteiger partial charge on any atom is 0.223 e. The summed E-state index contributed by atoms with van der Waals surface area (Å²) in [5, 5.41) is 3.44. The highest BCUT2D eigenvalue weighted by Crippen LogP contribution is 2.25. The number of thiazole rings is 1. The second kappa shape index (κ2) is 8.14. The van der Waals surface area contributed by atoms with Crippen molar-refractivity contribution in [3.05, 3.63) is 34.6 Å². The van der Waals surface area contributed by atoms with Crippen molar-refractivity contribution < 1.29 is 4.79 Å². The predicted octanol–water partition coefficient (Wildman–Crippen LogP) is 3.21. The summed E-state index contributed by atoms with van der Waals surface area (Å²) in [4.78, 5) is 26.0. The van der Waals surface area contributed by atoms with Gasteiger partial charge in [-0.2, -0.15) is 0 Å². The lowest BCUT2D eigenvalue weighted by Gasteiger charge is -2.38. The molecule has 6 nitrogen and oxygen atoms in total. The molecular formula is C19H27N5OS. The molecule has 2 aromatic rings. The smallest absolute Gasteiger partial charge is 0.223 e. The van der Waals surface area contributed by atoms with Gasteiger partial charge in [0.15, 0.2) is 5.13 Å². The van der Waals surface area contributed by atoms with Gasteiger partial charge >= 0.3 is 0 Å². The molecule has 1 amide bonds. The van der Waals surface area contributed by atoms with Gasteiger partial charge in [0, 0.05) is 61.3 Å². The maximum absolute atomic E-state index is 11.1. The van der Waals surface area contributed by atoms with Crippen molar-refractivity contribution in [3.63, 3.8) is 0 Å². The van der Waals surface area contributed by atoms with Gasteiger partial charge in [-0.05, 0) is 45.4 Å². The Bertz CT molecular complexity index is 755. The number of nitrogens with zero attached hydrogens (tertiary/aromatic N) is 4. The lowest BCUT2D eigenvalue weighted by Crippen LogP contribution is -2.46. The van der Waals surface area contributed by atoms with Crippen LogP contribution in [0.5, 0.6) is 0 Å². The van der Waals surface area contributed by atoms with E-state index in [9.17, 15) is 4.79 Å². The average Bonchev–Trinajstić information content (AvgIpc) is 2.99. The number of amides is 1. The third-order valence-corrected chi connectivity index (χ3v) is 5.62. The number of piperidine rings is 1. The minimum atomic E-state index is -0.0755. The fourth-order valence-corrected chi connectivity index (χ4v) is 4.43. The first-order chi connectivity index (χ1) is 12.4. The standard InChI is InChI=1S/C19H27N5OS/c1-13-8-17(9-14(2)21-13)23(4)16-6-5-7-24(11-16)12-18-10-20-19(26-18)22-15(3)25/h8-10,16H,5-7,11-12H2,1-4H3,(H,20,22,25). The molecule has 26 heavy (non-hydrogen) atoms. The molecule has 1 aliphatic rings. The van der Waals surface area contributed by atoms with Crippen molar-refractivity contribution in [2.24, 2.45) is 0 Å². The second-order valence-electron chi connectivity index (χ2n) is 7.06. The Morgan fingerprint density at radius 2 is 2.12 bits per heavy atom. The summed E-state index contributed by atoms with van der Waals surface area (Å²) in [7, 11) is 2.18.